The van der Waals surface area contributed by atoms with Crippen molar-refractivity contribution in [1.82, 2.24) is 10.1 Å². The number of carbonyl (C=O) groups excluding carboxylic acids is 1. The fraction of sp³-hybridized carbons (Fsp3) is 0.211. The Bertz CT molecular complexity index is 868. The number of nitrogens with zero attached hydrogens (tertiary/aromatic N) is 2. The Hall–Kier alpha value is -2.22. The SMILES string of the molecule is Cc1cc(C)cc(NC(=O)CCc2nc(-c3ccc(I)cc3)no2)c1. The number of anilines is 1. The predicted molar refractivity (Wildman–Crippen MR) is 105 cm³/mol. The van der Waals surface area contributed by atoms with Crippen molar-refractivity contribution in [2.24, 2.45) is 0 Å². The summed E-state index contributed by atoms with van der Waals surface area (Å²) in [5, 5.41) is 6.89. The van der Waals surface area contributed by atoms with Crippen LogP contribution in [0.5, 0.6) is 0 Å². The van der Waals surface area contributed by atoms with Crippen LogP contribution < -0.4 is 5.32 Å². The number of carbonyl (C=O) groups is 1. The fourth-order valence-electron chi connectivity index (χ4n) is 2.56. The molecule has 0 saturated carbocycles. The van der Waals surface area contributed by atoms with Gasteiger partial charge in [0, 0.05) is 27.7 Å². The van der Waals surface area contributed by atoms with Crippen LogP contribution in [-0.4, -0.2) is 16.0 Å². The highest BCUT2D eigenvalue weighted by Gasteiger charge is 2.11. The number of aromatic nitrogens is 2. The van der Waals surface area contributed by atoms with E-state index >= 15 is 0 Å². The molecule has 0 spiro atoms. The number of halogens is 1. The van der Waals surface area contributed by atoms with Crippen LogP contribution in [0.4, 0.5) is 5.69 Å². The summed E-state index contributed by atoms with van der Waals surface area (Å²) in [6.07, 6.45) is 0.704. The zero-order chi connectivity index (χ0) is 17.8. The van der Waals surface area contributed by atoms with Gasteiger partial charge in [0.25, 0.3) is 0 Å². The van der Waals surface area contributed by atoms with Gasteiger partial charge < -0.3 is 9.84 Å². The van der Waals surface area contributed by atoms with E-state index in [1.807, 2.05) is 50.2 Å². The minimum atomic E-state index is -0.0704. The molecule has 0 aliphatic rings. The van der Waals surface area contributed by atoms with Crippen LogP contribution in [0.15, 0.2) is 47.0 Å². The van der Waals surface area contributed by atoms with Gasteiger partial charge in [-0.25, -0.2) is 0 Å². The summed E-state index contributed by atoms with van der Waals surface area (Å²) in [5.74, 6) is 0.934. The summed E-state index contributed by atoms with van der Waals surface area (Å²) in [5.41, 5.74) is 3.95. The molecule has 0 aliphatic heterocycles. The number of hydrogen-bond acceptors (Lipinski definition) is 4. The summed E-state index contributed by atoms with van der Waals surface area (Å²) < 4.78 is 6.39. The average Bonchev–Trinajstić information content (AvgIpc) is 3.01. The highest BCUT2D eigenvalue weighted by molar-refractivity contribution is 14.1. The van der Waals surface area contributed by atoms with E-state index in [0.717, 1.165) is 25.9 Å². The van der Waals surface area contributed by atoms with Gasteiger partial charge in [0.05, 0.1) is 0 Å². The Morgan fingerprint density at radius 3 is 2.48 bits per heavy atom. The number of rotatable bonds is 5. The maximum atomic E-state index is 12.1. The van der Waals surface area contributed by atoms with Crippen molar-refractivity contribution in [1.29, 1.82) is 0 Å². The maximum absolute atomic E-state index is 12.1. The molecule has 0 unspecified atom stereocenters. The zero-order valence-corrected chi connectivity index (χ0v) is 16.2. The highest BCUT2D eigenvalue weighted by Crippen LogP contribution is 2.18. The smallest absolute Gasteiger partial charge is 0.227 e. The summed E-state index contributed by atoms with van der Waals surface area (Å²) >= 11 is 2.25. The van der Waals surface area contributed by atoms with Crippen molar-refractivity contribution in [3.8, 4) is 11.4 Å². The van der Waals surface area contributed by atoms with Gasteiger partial charge in [0.2, 0.25) is 17.6 Å². The number of hydrogen-bond donors (Lipinski definition) is 1. The molecule has 128 valence electrons. The summed E-state index contributed by atoms with van der Waals surface area (Å²) in [7, 11) is 0. The summed E-state index contributed by atoms with van der Waals surface area (Å²) in [6, 6.07) is 13.8. The van der Waals surface area contributed by atoms with Gasteiger partial charge in [-0.1, -0.05) is 23.4 Å². The molecule has 0 radical (unpaired) electrons. The van der Waals surface area contributed by atoms with Gasteiger partial charge in [0.1, 0.15) is 0 Å². The second-order valence-electron chi connectivity index (χ2n) is 5.94. The summed E-state index contributed by atoms with van der Waals surface area (Å²) in [4.78, 5) is 16.5. The Balaban J connectivity index is 1.58. The largest absolute Gasteiger partial charge is 0.339 e. The molecule has 0 saturated heterocycles. The molecule has 1 heterocycles. The van der Waals surface area contributed by atoms with E-state index in [1.165, 1.54) is 0 Å². The van der Waals surface area contributed by atoms with E-state index in [1.54, 1.807) is 0 Å². The van der Waals surface area contributed by atoms with Gasteiger partial charge in [-0.15, -0.1) is 0 Å². The molecule has 1 N–H and O–H groups in total. The topological polar surface area (TPSA) is 68.0 Å². The van der Waals surface area contributed by atoms with E-state index in [0.29, 0.717) is 24.6 Å². The number of aryl methyl sites for hydroxylation is 3. The lowest BCUT2D eigenvalue weighted by Gasteiger charge is -2.06. The summed E-state index contributed by atoms with van der Waals surface area (Å²) in [6.45, 7) is 4.01. The molecule has 0 atom stereocenters. The first-order chi connectivity index (χ1) is 12.0. The first-order valence-corrected chi connectivity index (χ1v) is 9.04. The van der Waals surface area contributed by atoms with Crippen LogP contribution in [0.25, 0.3) is 11.4 Å². The van der Waals surface area contributed by atoms with Crippen LogP contribution in [0.1, 0.15) is 23.4 Å². The number of amides is 1. The van der Waals surface area contributed by atoms with Crippen LogP contribution in [-0.2, 0) is 11.2 Å². The normalized spacial score (nSPS) is 10.7. The first kappa shape index (κ1) is 17.6. The van der Waals surface area contributed by atoms with E-state index in [2.05, 4.69) is 44.1 Å². The lowest BCUT2D eigenvalue weighted by atomic mass is 10.1. The van der Waals surface area contributed by atoms with Crippen LogP contribution in [0.2, 0.25) is 0 Å². The molecule has 0 aliphatic carbocycles. The molecule has 5 nitrogen and oxygen atoms in total. The Kier molecular flexibility index (Phi) is 5.47. The van der Waals surface area contributed by atoms with Crippen molar-refractivity contribution in [3.05, 3.63) is 63.1 Å². The molecule has 1 aromatic heterocycles. The van der Waals surface area contributed by atoms with Gasteiger partial charge in [-0.2, -0.15) is 4.98 Å². The van der Waals surface area contributed by atoms with Crippen LogP contribution in [0, 0.1) is 17.4 Å². The number of benzene rings is 2. The van der Waals surface area contributed by atoms with E-state index < -0.39 is 0 Å². The first-order valence-electron chi connectivity index (χ1n) is 7.96. The molecule has 3 aromatic rings. The molecule has 0 fully saturated rings. The lowest BCUT2D eigenvalue weighted by Crippen LogP contribution is -2.12. The van der Waals surface area contributed by atoms with Crippen LogP contribution >= 0.6 is 22.6 Å². The molecular weight excluding hydrogens is 429 g/mol. The third-order valence-corrected chi connectivity index (χ3v) is 4.36. The van der Waals surface area contributed by atoms with Gasteiger partial charge >= 0.3 is 0 Å². The van der Waals surface area contributed by atoms with Crippen molar-refractivity contribution < 1.29 is 9.32 Å². The number of nitrogens with one attached hydrogen (secondary N) is 1. The quantitative estimate of drug-likeness (QED) is 0.584. The van der Waals surface area contributed by atoms with Crippen molar-refractivity contribution >= 4 is 34.2 Å². The van der Waals surface area contributed by atoms with Crippen LogP contribution in [0.3, 0.4) is 0 Å². The van der Waals surface area contributed by atoms with E-state index in [4.69, 9.17) is 4.52 Å². The van der Waals surface area contributed by atoms with Gasteiger partial charge in [0.15, 0.2) is 0 Å². The van der Waals surface area contributed by atoms with E-state index in [9.17, 15) is 4.79 Å². The molecule has 25 heavy (non-hydrogen) atoms. The van der Waals surface area contributed by atoms with Gasteiger partial charge in [-0.05, 0) is 71.8 Å². The minimum absolute atomic E-state index is 0.0704. The Labute approximate surface area is 160 Å². The van der Waals surface area contributed by atoms with Crippen molar-refractivity contribution in [2.45, 2.75) is 26.7 Å². The predicted octanol–water partition coefficient (Wildman–Crippen LogP) is 4.53. The maximum Gasteiger partial charge on any atom is 0.227 e. The Morgan fingerprint density at radius 1 is 1.12 bits per heavy atom. The third kappa shape index (κ3) is 4.88. The fourth-order valence-corrected chi connectivity index (χ4v) is 2.92. The molecule has 6 heteroatoms. The molecule has 2 aromatic carbocycles. The second-order valence-corrected chi connectivity index (χ2v) is 7.19. The van der Waals surface area contributed by atoms with E-state index in [-0.39, 0.29) is 5.91 Å². The second kappa shape index (κ2) is 7.77. The van der Waals surface area contributed by atoms with Gasteiger partial charge in [-0.3, -0.25) is 4.79 Å². The monoisotopic (exact) mass is 447 g/mol. The average molecular weight is 447 g/mol. The molecule has 1 amide bonds. The molecular formula is C19H18IN3O2. The van der Waals surface area contributed by atoms with Crippen molar-refractivity contribution in [3.63, 3.8) is 0 Å². The van der Waals surface area contributed by atoms with Crippen molar-refractivity contribution in [2.75, 3.05) is 5.32 Å². The molecule has 0 bridgehead atoms. The third-order valence-electron chi connectivity index (χ3n) is 3.64. The Morgan fingerprint density at radius 2 is 1.80 bits per heavy atom. The highest BCUT2D eigenvalue weighted by atomic mass is 127. The lowest BCUT2D eigenvalue weighted by molar-refractivity contribution is -0.116. The standard InChI is InChI=1S/C19H18IN3O2/c1-12-9-13(2)11-16(10-12)21-17(24)7-8-18-22-19(23-25-18)14-3-5-15(20)6-4-14/h3-6,9-11H,7-8H2,1-2H3,(H,21,24). The minimum Gasteiger partial charge on any atom is -0.339 e. The zero-order valence-electron chi connectivity index (χ0n) is 14.0. The molecule has 3 rings (SSSR count).